The second-order valence-electron chi connectivity index (χ2n) is 5.35. The normalized spacial score (nSPS) is 17.7. The minimum Gasteiger partial charge on any atom is -0.338 e. The molecule has 1 N–H and O–H groups in total. The lowest BCUT2D eigenvalue weighted by molar-refractivity contribution is -0.128. The van der Waals surface area contributed by atoms with Crippen LogP contribution in [0.1, 0.15) is 31.4 Å². The van der Waals surface area contributed by atoms with Gasteiger partial charge in [0.2, 0.25) is 5.91 Å². The zero-order valence-electron chi connectivity index (χ0n) is 12.3. The van der Waals surface area contributed by atoms with Crippen LogP contribution in [0.4, 0.5) is 0 Å². The van der Waals surface area contributed by atoms with E-state index in [0.717, 1.165) is 13.1 Å². The van der Waals surface area contributed by atoms with Crippen LogP contribution < -0.4 is 5.32 Å². The van der Waals surface area contributed by atoms with Crippen molar-refractivity contribution < 1.29 is 4.79 Å². The van der Waals surface area contributed by atoms with E-state index in [-0.39, 0.29) is 11.9 Å². The largest absolute Gasteiger partial charge is 0.338 e. The fraction of sp³-hybridized carbons (Fsp3) is 0.562. The lowest BCUT2D eigenvalue weighted by atomic mass is 10.1. The highest BCUT2D eigenvalue weighted by molar-refractivity contribution is 8.00. The van der Waals surface area contributed by atoms with Crippen molar-refractivity contribution in [1.29, 1.82) is 0 Å². The maximum atomic E-state index is 12.3. The van der Waals surface area contributed by atoms with Gasteiger partial charge in [0, 0.05) is 12.3 Å². The molecule has 1 amide bonds. The molecule has 3 nitrogen and oxygen atoms in total. The van der Waals surface area contributed by atoms with Crippen LogP contribution in [0.25, 0.3) is 0 Å². The molecule has 1 aliphatic rings. The third-order valence-corrected chi connectivity index (χ3v) is 5.34. The average molecular weight is 292 g/mol. The number of benzene rings is 1. The second-order valence-corrected chi connectivity index (χ2v) is 6.64. The molecule has 1 aromatic carbocycles. The lowest BCUT2D eigenvalue weighted by Gasteiger charge is -2.27. The summed E-state index contributed by atoms with van der Waals surface area (Å²) in [5.41, 5.74) is 1.19. The maximum Gasteiger partial charge on any atom is 0.232 e. The Morgan fingerprint density at radius 2 is 2.00 bits per heavy atom. The molecule has 1 fully saturated rings. The van der Waals surface area contributed by atoms with Crippen LogP contribution in [0.5, 0.6) is 0 Å². The number of carbonyl (C=O) groups excluding carboxylic acids is 1. The SMILES string of the molecule is CC(c1ccccc1)N(C)C(=O)CSC1CCNCC1. The van der Waals surface area contributed by atoms with Gasteiger partial charge in [0.1, 0.15) is 0 Å². The minimum atomic E-state index is 0.136. The maximum absolute atomic E-state index is 12.3. The van der Waals surface area contributed by atoms with Crippen LogP contribution in [0.15, 0.2) is 30.3 Å². The number of nitrogens with one attached hydrogen (secondary N) is 1. The summed E-state index contributed by atoms with van der Waals surface area (Å²) in [6.07, 6.45) is 2.35. The fourth-order valence-corrected chi connectivity index (χ4v) is 3.58. The minimum absolute atomic E-state index is 0.136. The van der Waals surface area contributed by atoms with E-state index in [2.05, 4.69) is 24.4 Å². The van der Waals surface area contributed by atoms with Gasteiger partial charge in [-0.3, -0.25) is 4.79 Å². The Balaban J connectivity index is 1.82. The molecule has 0 radical (unpaired) electrons. The first-order valence-corrected chi connectivity index (χ1v) is 8.36. The van der Waals surface area contributed by atoms with Crippen molar-refractivity contribution in [2.75, 3.05) is 25.9 Å². The van der Waals surface area contributed by atoms with E-state index in [0.29, 0.717) is 11.0 Å². The lowest BCUT2D eigenvalue weighted by Crippen LogP contribution is -2.33. The molecule has 1 atom stereocenters. The molecule has 1 heterocycles. The summed E-state index contributed by atoms with van der Waals surface area (Å²) in [5.74, 6) is 0.822. The fourth-order valence-electron chi connectivity index (χ4n) is 2.42. The first-order chi connectivity index (χ1) is 9.68. The van der Waals surface area contributed by atoms with Crippen molar-refractivity contribution in [3.05, 3.63) is 35.9 Å². The van der Waals surface area contributed by atoms with Crippen LogP contribution in [-0.4, -0.2) is 41.9 Å². The molecule has 0 aromatic heterocycles. The number of rotatable bonds is 5. The van der Waals surface area contributed by atoms with Crippen LogP contribution in [0, 0.1) is 0 Å². The highest BCUT2D eigenvalue weighted by atomic mass is 32.2. The molecule has 0 bridgehead atoms. The van der Waals surface area contributed by atoms with Gasteiger partial charge in [0.05, 0.1) is 11.8 Å². The van der Waals surface area contributed by atoms with Gasteiger partial charge >= 0.3 is 0 Å². The Kier molecular flexibility index (Phi) is 5.92. The number of hydrogen-bond donors (Lipinski definition) is 1. The molecule has 0 saturated carbocycles. The van der Waals surface area contributed by atoms with Crippen molar-refractivity contribution in [1.82, 2.24) is 10.2 Å². The highest BCUT2D eigenvalue weighted by Gasteiger charge is 2.20. The number of amides is 1. The van der Waals surface area contributed by atoms with Gasteiger partial charge in [-0.15, -0.1) is 11.8 Å². The van der Waals surface area contributed by atoms with Gasteiger partial charge in [0.25, 0.3) is 0 Å². The zero-order chi connectivity index (χ0) is 14.4. The van der Waals surface area contributed by atoms with Crippen LogP contribution >= 0.6 is 11.8 Å². The summed E-state index contributed by atoms with van der Waals surface area (Å²) in [6.45, 7) is 4.26. The van der Waals surface area contributed by atoms with Crippen molar-refractivity contribution in [2.24, 2.45) is 0 Å². The molecule has 1 aromatic rings. The Bertz CT molecular complexity index is 418. The van der Waals surface area contributed by atoms with Gasteiger partial charge in [0.15, 0.2) is 0 Å². The molecule has 0 aliphatic carbocycles. The van der Waals surface area contributed by atoms with E-state index < -0.39 is 0 Å². The molecular formula is C16H24N2OS. The summed E-state index contributed by atoms with van der Waals surface area (Å²) in [5, 5.41) is 4.00. The van der Waals surface area contributed by atoms with E-state index in [9.17, 15) is 4.79 Å². The molecule has 2 rings (SSSR count). The third kappa shape index (κ3) is 4.25. The molecular weight excluding hydrogens is 268 g/mol. The summed E-state index contributed by atoms with van der Waals surface area (Å²) in [4.78, 5) is 14.2. The first-order valence-electron chi connectivity index (χ1n) is 7.31. The third-order valence-electron chi connectivity index (χ3n) is 3.99. The molecule has 20 heavy (non-hydrogen) atoms. The Morgan fingerprint density at radius 3 is 2.65 bits per heavy atom. The van der Waals surface area contributed by atoms with Crippen molar-refractivity contribution in [3.63, 3.8) is 0 Å². The van der Waals surface area contributed by atoms with Gasteiger partial charge in [-0.05, 0) is 38.4 Å². The second kappa shape index (κ2) is 7.70. The van der Waals surface area contributed by atoms with Crippen LogP contribution in [0.3, 0.4) is 0 Å². The Morgan fingerprint density at radius 1 is 1.35 bits per heavy atom. The number of carbonyl (C=O) groups is 1. The standard InChI is InChI=1S/C16H24N2OS/c1-13(14-6-4-3-5-7-14)18(2)16(19)12-20-15-8-10-17-11-9-15/h3-7,13,15,17H,8-12H2,1-2H3. The quantitative estimate of drug-likeness (QED) is 0.905. The van der Waals surface area contributed by atoms with E-state index in [1.165, 1.54) is 18.4 Å². The van der Waals surface area contributed by atoms with E-state index in [1.807, 2.05) is 41.9 Å². The summed E-state index contributed by atoms with van der Waals surface area (Å²) >= 11 is 1.82. The van der Waals surface area contributed by atoms with Gasteiger partial charge in [-0.1, -0.05) is 30.3 Å². The van der Waals surface area contributed by atoms with Crippen LogP contribution in [0.2, 0.25) is 0 Å². The Labute approximate surface area is 126 Å². The molecule has 4 heteroatoms. The number of nitrogens with zero attached hydrogens (tertiary/aromatic N) is 1. The first kappa shape index (κ1) is 15.4. The average Bonchev–Trinajstić information content (AvgIpc) is 2.53. The van der Waals surface area contributed by atoms with Gasteiger partial charge < -0.3 is 10.2 Å². The van der Waals surface area contributed by atoms with E-state index in [1.54, 1.807) is 0 Å². The Hall–Kier alpha value is -1.000. The van der Waals surface area contributed by atoms with Crippen molar-refractivity contribution in [2.45, 2.75) is 31.1 Å². The van der Waals surface area contributed by atoms with Crippen molar-refractivity contribution in [3.8, 4) is 0 Å². The monoisotopic (exact) mass is 292 g/mol. The summed E-state index contributed by atoms with van der Waals surface area (Å²) in [6, 6.07) is 10.3. The zero-order valence-corrected chi connectivity index (χ0v) is 13.2. The molecule has 110 valence electrons. The summed E-state index contributed by atoms with van der Waals surface area (Å²) in [7, 11) is 1.91. The predicted molar refractivity (Wildman–Crippen MR) is 86.0 cm³/mol. The summed E-state index contributed by atoms with van der Waals surface area (Å²) < 4.78 is 0. The topological polar surface area (TPSA) is 32.3 Å². The molecule has 1 saturated heterocycles. The number of piperidine rings is 1. The van der Waals surface area contributed by atoms with E-state index >= 15 is 0 Å². The predicted octanol–water partition coefficient (Wildman–Crippen LogP) is 2.69. The highest BCUT2D eigenvalue weighted by Crippen LogP contribution is 2.23. The van der Waals surface area contributed by atoms with Gasteiger partial charge in [-0.25, -0.2) is 0 Å². The van der Waals surface area contributed by atoms with Crippen molar-refractivity contribution >= 4 is 17.7 Å². The number of thioether (sulfide) groups is 1. The smallest absolute Gasteiger partial charge is 0.232 e. The molecule has 0 spiro atoms. The molecule has 1 unspecified atom stereocenters. The van der Waals surface area contributed by atoms with Gasteiger partial charge in [-0.2, -0.15) is 0 Å². The number of hydrogen-bond acceptors (Lipinski definition) is 3. The van der Waals surface area contributed by atoms with Crippen LogP contribution in [-0.2, 0) is 4.79 Å². The van der Waals surface area contributed by atoms with E-state index in [4.69, 9.17) is 0 Å². The molecule has 1 aliphatic heterocycles.